The molecule has 0 unspecified atom stereocenters. The van der Waals surface area contributed by atoms with Crippen LogP contribution in [0.25, 0.3) is 0 Å². The molecule has 7 heavy (non-hydrogen) atoms. The van der Waals surface area contributed by atoms with E-state index in [1.54, 1.807) is 25.5 Å². The molecule has 0 saturated heterocycles. The molecule has 2 nitrogen and oxygen atoms in total. The van der Waals surface area contributed by atoms with Gasteiger partial charge in [-0.2, -0.15) is 0 Å². The molecule has 0 aromatic heterocycles. The lowest BCUT2D eigenvalue weighted by Gasteiger charge is -1.66. The maximum Gasteiger partial charge on any atom is 0.0277 e. The molecule has 0 fully saturated rings. The Kier molecular flexibility index (Phi) is 4.41. The lowest BCUT2D eigenvalue weighted by molar-refractivity contribution is 1.47. The van der Waals surface area contributed by atoms with Crippen LogP contribution in [0.3, 0.4) is 0 Å². The fourth-order valence-corrected chi connectivity index (χ4v) is 0.185. The lowest BCUT2D eigenvalue weighted by atomic mass is 10.7. The smallest absolute Gasteiger partial charge is 0.0277 e. The van der Waals surface area contributed by atoms with Crippen molar-refractivity contribution in [1.82, 2.24) is 0 Å². The second kappa shape index (κ2) is 5.08. The van der Waals surface area contributed by atoms with E-state index in [0.29, 0.717) is 0 Å². The van der Waals surface area contributed by atoms with Crippen molar-refractivity contribution >= 4 is 12.9 Å². The first-order chi connectivity index (χ1) is 3.41. The maximum atomic E-state index is 3.67. The van der Waals surface area contributed by atoms with E-state index < -0.39 is 0 Å². The molecule has 0 spiro atoms. The second-order valence-electron chi connectivity index (χ2n) is 0.931. The minimum Gasteiger partial charge on any atom is -0.296 e. The fourth-order valence-electron chi connectivity index (χ4n) is 0.185. The van der Waals surface area contributed by atoms with Gasteiger partial charge in [-0.1, -0.05) is 0 Å². The molecule has 38 valence electrons. The lowest BCUT2D eigenvalue weighted by Crippen LogP contribution is -1.57. The number of rotatable bonds is 2. The van der Waals surface area contributed by atoms with Gasteiger partial charge in [0.05, 0.1) is 0 Å². The van der Waals surface area contributed by atoms with E-state index >= 15 is 0 Å². The van der Waals surface area contributed by atoms with Gasteiger partial charge in [0.15, 0.2) is 0 Å². The zero-order chi connectivity index (χ0) is 5.54. The molecule has 0 aliphatic rings. The van der Waals surface area contributed by atoms with E-state index in [1.807, 2.05) is 0 Å². The molecule has 0 heterocycles. The predicted octanol–water partition coefficient (Wildman–Crippen LogP) is 0.901. The summed E-state index contributed by atoms with van der Waals surface area (Å²) in [4.78, 5) is 7.12. The summed E-state index contributed by atoms with van der Waals surface area (Å²) in [6.07, 6.45) is 4.94. The summed E-state index contributed by atoms with van der Waals surface area (Å²) < 4.78 is 0. The van der Waals surface area contributed by atoms with Crippen LogP contribution < -0.4 is 0 Å². The van der Waals surface area contributed by atoms with Crippen LogP contribution >= 0.6 is 0 Å². The third-order valence-electron chi connectivity index (χ3n) is 0.427. The van der Waals surface area contributed by atoms with Crippen molar-refractivity contribution in [1.29, 1.82) is 0 Å². The standard InChI is InChI=1S/C5H8N2/c1-6-4-3-5-7-2/h3-5H,1H2,2H3/b4-3-,7-5+. The summed E-state index contributed by atoms with van der Waals surface area (Å²) in [6, 6.07) is 0. The Morgan fingerprint density at radius 1 is 1.57 bits per heavy atom. The van der Waals surface area contributed by atoms with E-state index in [9.17, 15) is 0 Å². The molecule has 0 atom stereocenters. The fraction of sp³-hybridized carbons (Fsp3) is 0.200. The molecule has 0 amide bonds. The molecular formula is C5H8N2. The van der Waals surface area contributed by atoms with E-state index in [4.69, 9.17) is 0 Å². The number of aliphatic imine (C=N–C) groups is 2. The average Bonchev–Trinajstić information content (AvgIpc) is 1.69. The zero-order valence-corrected chi connectivity index (χ0v) is 4.33. The highest BCUT2D eigenvalue weighted by Crippen LogP contribution is 1.65. The number of hydrogen-bond acceptors (Lipinski definition) is 2. The van der Waals surface area contributed by atoms with Gasteiger partial charge in [0.2, 0.25) is 0 Å². The highest BCUT2D eigenvalue weighted by molar-refractivity contribution is 5.70. The van der Waals surface area contributed by atoms with Crippen LogP contribution in [-0.2, 0) is 0 Å². The van der Waals surface area contributed by atoms with Gasteiger partial charge in [0.1, 0.15) is 0 Å². The molecule has 0 aromatic carbocycles. The Morgan fingerprint density at radius 2 is 2.29 bits per heavy atom. The molecule has 0 aromatic rings. The van der Waals surface area contributed by atoms with Crippen molar-refractivity contribution in [2.45, 2.75) is 0 Å². The summed E-state index contributed by atoms with van der Waals surface area (Å²) in [5.74, 6) is 0. The topological polar surface area (TPSA) is 24.7 Å². The quantitative estimate of drug-likeness (QED) is 0.456. The Labute approximate surface area is 43.3 Å². The molecule has 0 radical (unpaired) electrons. The van der Waals surface area contributed by atoms with Crippen LogP contribution in [0.5, 0.6) is 0 Å². The van der Waals surface area contributed by atoms with Gasteiger partial charge in [0.25, 0.3) is 0 Å². The van der Waals surface area contributed by atoms with Crippen molar-refractivity contribution in [2.24, 2.45) is 9.98 Å². The first-order valence-corrected chi connectivity index (χ1v) is 1.95. The molecule has 0 N–H and O–H groups in total. The Morgan fingerprint density at radius 3 is 2.71 bits per heavy atom. The first kappa shape index (κ1) is 6.08. The van der Waals surface area contributed by atoms with Gasteiger partial charge in [0, 0.05) is 19.5 Å². The van der Waals surface area contributed by atoms with Gasteiger partial charge in [-0.25, -0.2) is 0 Å². The molecule has 0 saturated carbocycles. The third-order valence-corrected chi connectivity index (χ3v) is 0.427. The minimum absolute atomic E-state index is 1.58. The predicted molar refractivity (Wildman–Crippen MR) is 33.1 cm³/mol. The van der Waals surface area contributed by atoms with Crippen LogP contribution in [0.15, 0.2) is 22.3 Å². The summed E-state index contributed by atoms with van der Waals surface area (Å²) in [6.45, 7) is 3.23. The van der Waals surface area contributed by atoms with E-state index in [1.165, 1.54) is 0 Å². The molecule has 0 rings (SSSR count). The third kappa shape index (κ3) is 5.08. The van der Waals surface area contributed by atoms with Crippen LogP contribution in [0.4, 0.5) is 0 Å². The van der Waals surface area contributed by atoms with Gasteiger partial charge in [-0.15, -0.1) is 0 Å². The minimum atomic E-state index is 1.58. The Balaban J connectivity index is 3.27. The molecular weight excluding hydrogens is 88.1 g/mol. The molecule has 0 aliphatic carbocycles. The summed E-state index contributed by atoms with van der Waals surface area (Å²) >= 11 is 0. The van der Waals surface area contributed by atoms with Crippen molar-refractivity contribution in [3.63, 3.8) is 0 Å². The Bertz CT molecular complexity index is 92.3. The first-order valence-electron chi connectivity index (χ1n) is 1.95. The summed E-state index contributed by atoms with van der Waals surface area (Å²) in [7, 11) is 1.70. The second-order valence-corrected chi connectivity index (χ2v) is 0.931. The normalized spacial score (nSPS) is 11.0. The highest BCUT2D eigenvalue weighted by Gasteiger charge is 1.53. The van der Waals surface area contributed by atoms with E-state index in [2.05, 4.69) is 16.7 Å². The number of allylic oxidation sites excluding steroid dienone is 1. The number of hydrogen-bond donors (Lipinski definition) is 0. The van der Waals surface area contributed by atoms with Crippen molar-refractivity contribution in [2.75, 3.05) is 7.05 Å². The molecule has 0 aliphatic heterocycles. The Hall–Kier alpha value is -0.920. The summed E-state index contributed by atoms with van der Waals surface area (Å²) in [5, 5.41) is 0. The van der Waals surface area contributed by atoms with Gasteiger partial charge in [-0.3, -0.25) is 9.98 Å². The van der Waals surface area contributed by atoms with E-state index in [0.717, 1.165) is 0 Å². The van der Waals surface area contributed by atoms with Crippen LogP contribution in [0.1, 0.15) is 0 Å². The zero-order valence-electron chi connectivity index (χ0n) is 4.33. The largest absolute Gasteiger partial charge is 0.296 e. The van der Waals surface area contributed by atoms with Gasteiger partial charge < -0.3 is 0 Å². The van der Waals surface area contributed by atoms with E-state index in [-0.39, 0.29) is 0 Å². The van der Waals surface area contributed by atoms with Gasteiger partial charge >= 0.3 is 0 Å². The van der Waals surface area contributed by atoms with Crippen molar-refractivity contribution in [3.8, 4) is 0 Å². The molecule has 2 heteroatoms. The molecule has 0 bridgehead atoms. The van der Waals surface area contributed by atoms with Crippen molar-refractivity contribution in [3.05, 3.63) is 12.3 Å². The monoisotopic (exact) mass is 96.1 g/mol. The summed E-state index contributed by atoms with van der Waals surface area (Å²) in [5.41, 5.74) is 0. The van der Waals surface area contributed by atoms with Gasteiger partial charge in [-0.05, 0) is 12.8 Å². The van der Waals surface area contributed by atoms with Crippen LogP contribution in [-0.4, -0.2) is 20.0 Å². The van der Waals surface area contributed by atoms with Crippen LogP contribution in [0, 0.1) is 0 Å². The van der Waals surface area contributed by atoms with Crippen LogP contribution in [0.2, 0.25) is 0 Å². The number of nitrogens with zero attached hydrogens (tertiary/aromatic N) is 2. The highest BCUT2D eigenvalue weighted by atomic mass is 14.6. The SMILES string of the molecule is C=N/C=C\C=N\C. The maximum absolute atomic E-state index is 3.67. The van der Waals surface area contributed by atoms with Crippen molar-refractivity contribution < 1.29 is 0 Å². The average molecular weight is 96.1 g/mol.